The first-order chi connectivity index (χ1) is 8.25. The molecule has 1 heterocycles. The fraction of sp³-hybridized carbons (Fsp3) is 0.846. The molecule has 1 rings (SSSR count). The van der Waals surface area contributed by atoms with Crippen LogP contribution >= 0.6 is 0 Å². The molecule has 1 fully saturated rings. The number of carbonyl (C=O) groups excluding carboxylic acids is 1. The molecule has 1 N–H and O–H groups in total. The van der Waals surface area contributed by atoms with Crippen LogP contribution in [-0.2, 0) is 9.59 Å². The van der Waals surface area contributed by atoms with Crippen LogP contribution in [0.5, 0.6) is 0 Å². The van der Waals surface area contributed by atoms with Crippen LogP contribution in [0.3, 0.4) is 0 Å². The number of carboxylic acids is 1. The van der Waals surface area contributed by atoms with Gasteiger partial charge < -0.3 is 14.9 Å². The first-order valence-corrected chi connectivity index (χ1v) is 6.43. The Hall–Kier alpha value is -1.10. The molecule has 0 aromatic heterocycles. The van der Waals surface area contributed by atoms with E-state index in [1.807, 2.05) is 0 Å². The lowest BCUT2D eigenvalue weighted by Gasteiger charge is -2.34. The molecule has 1 aliphatic heterocycles. The van der Waals surface area contributed by atoms with Crippen LogP contribution in [-0.4, -0.2) is 59.5 Å². The number of nitrogens with zero attached hydrogens (tertiary/aromatic N) is 2. The molecule has 1 saturated heterocycles. The van der Waals surface area contributed by atoms with Gasteiger partial charge in [-0.2, -0.15) is 0 Å². The maximum absolute atomic E-state index is 12.1. The van der Waals surface area contributed by atoms with Crippen molar-refractivity contribution in [2.75, 3.05) is 27.2 Å². The van der Waals surface area contributed by atoms with Crippen molar-refractivity contribution in [2.45, 2.75) is 38.6 Å². The molecule has 0 aromatic rings. The molecule has 104 valence electrons. The van der Waals surface area contributed by atoms with Crippen molar-refractivity contribution in [3.63, 3.8) is 0 Å². The monoisotopic (exact) mass is 256 g/mol. The highest BCUT2D eigenvalue weighted by Gasteiger charge is 2.35. The first-order valence-electron chi connectivity index (χ1n) is 6.43. The molecule has 5 heteroatoms. The lowest BCUT2D eigenvalue weighted by Crippen LogP contribution is -2.51. The van der Waals surface area contributed by atoms with E-state index in [2.05, 4.69) is 11.9 Å². The average Bonchev–Trinajstić information content (AvgIpc) is 2.27. The zero-order valence-electron chi connectivity index (χ0n) is 11.8. The van der Waals surface area contributed by atoms with Gasteiger partial charge in [0.15, 0.2) is 0 Å². The first kappa shape index (κ1) is 15.0. The van der Waals surface area contributed by atoms with Crippen molar-refractivity contribution in [3.8, 4) is 0 Å². The quantitative estimate of drug-likeness (QED) is 0.816. The third kappa shape index (κ3) is 3.45. The Morgan fingerprint density at radius 3 is 2.56 bits per heavy atom. The molecule has 1 amide bonds. The van der Waals surface area contributed by atoms with Gasteiger partial charge in [-0.3, -0.25) is 4.79 Å². The number of aliphatic carboxylic acids is 1. The smallest absolute Gasteiger partial charge is 0.329 e. The molecule has 0 bridgehead atoms. The summed E-state index contributed by atoms with van der Waals surface area (Å²) in [5.74, 6) is -0.704. The number of carbonyl (C=O) groups is 2. The number of carboxylic acid groups (broad SMARTS) is 1. The van der Waals surface area contributed by atoms with Crippen molar-refractivity contribution in [3.05, 3.63) is 0 Å². The number of likely N-dealkylation sites (tertiary alicyclic amines) is 1. The number of likely N-dealkylation sites (N-methyl/N-ethyl adjacent to an activating group) is 1. The largest absolute Gasteiger partial charge is 0.480 e. The second-order valence-corrected chi connectivity index (χ2v) is 5.79. The third-order valence-corrected chi connectivity index (χ3v) is 3.92. The summed E-state index contributed by atoms with van der Waals surface area (Å²) in [4.78, 5) is 26.8. The van der Waals surface area contributed by atoms with Crippen molar-refractivity contribution in [1.29, 1.82) is 0 Å². The highest BCUT2D eigenvalue weighted by molar-refractivity contribution is 5.86. The Bertz CT molecular complexity index is 328. The Kier molecular flexibility index (Phi) is 4.73. The molecular formula is C13H24N2O3. The van der Waals surface area contributed by atoms with Crippen LogP contribution in [0.1, 0.15) is 33.1 Å². The van der Waals surface area contributed by atoms with Crippen LogP contribution < -0.4 is 0 Å². The molecule has 1 unspecified atom stereocenters. The Morgan fingerprint density at radius 1 is 1.44 bits per heavy atom. The fourth-order valence-electron chi connectivity index (χ4n) is 2.28. The summed E-state index contributed by atoms with van der Waals surface area (Å²) in [5, 5.41) is 9.11. The van der Waals surface area contributed by atoms with E-state index < -0.39 is 11.5 Å². The average molecular weight is 256 g/mol. The summed E-state index contributed by atoms with van der Waals surface area (Å²) in [7, 11) is 3.63. The summed E-state index contributed by atoms with van der Waals surface area (Å²) in [6.45, 7) is 5.12. The number of rotatable bonds is 4. The van der Waals surface area contributed by atoms with Gasteiger partial charge in [0, 0.05) is 20.0 Å². The summed E-state index contributed by atoms with van der Waals surface area (Å²) < 4.78 is 0. The van der Waals surface area contributed by atoms with Gasteiger partial charge >= 0.3 is 5.97 Å². The summed E-state index contributed by atoms with van der Waals surface area (Å²) in [6.07, 6.45) is 2.61. The van der Waals surface area contributed by atoms with E-state index in [9.17, 15) is 9.59 Å². The van der Waals surface area contributed by atoms with E-state index in [1.54, 1.807) is 20.9 Å². The molecule has 0 spiro atoms. The Morgan fingerprint density at radius 2 is 2.06 bits per heavy atom. The number of hydrogen-bond acceptors (Lipinski definition) is 3. The van der Waals surface area contributed by atoms with Crippen molar-refractivity contribution in [1.82, 2.24) is 9.80 Å². The van der Waals surface area contributed by atoms with E-state index in [-0.39, 0.29) is 5.91 Å². The lowest BCUT2D eigenvalue weighted by atomic mass is 9.93. The minimum Gasteiger partial charge on any atom is -0.480 e. The number of hydrogen-bond donors (Lipinski definition) is 1. The molecule has 0 aliphatic carbocycles. The highest BCUT2D eigenvalue weighted by Crippen LogP contribution is 2.21. The van der Waals surface area contributed by atoms with E-state index in [1.165, 1.54) is 4.90 Å². The number of amides is 1. The summed E-state index contributed by atoms with van der Waals surface area (Å²) in [5.41, 5.74) is -1.14. The van der Waals surface area contributed by atoms with E-state index >= 15 is 0 Å². The van der Waals surface area contributed by atoms with Crippen LogP contribution in [0, 0.1) is 5.92 Å². The predicted molar refractivity (Wildman–Crippen MR) is 69.3 cm³/mol. The minimum absolute atomic E-state index is 0.0808. The van der Waals surface area contributed by atoms with Crippen LogP contribution in [0.2, 0.25) is 0 Å². The van der Waals surface area contributed by atoms with Crippen LogP contribution in [0.15, 0.2) is 0 Å². The minimum atomic E-state index is -1.14. The molecule has 0 radical (unpaired) electrons. The molecule has 1 aliphatic rings. The van der Waals surface area contributed by atoms with Gasteiger partial charge in [0.05, 0.1) is 0 Å². The van der Waals surface area contributed by atoms with Crippen LogP contribution in [0.25, 0.3) is 0 Å². The third-order valence-electron chi connectivity index (χ3n) is 3.92. The van der Waals surface area contributed by atoms with E-state index in [0.29, 0.717) is 12.3 Å². The second kappa shape index (κ2) is 5.69. The lowest BCUT2D eigenvalue weighted by molar-refractivity contribution is -0.155. The molecule has 18 heavy (non-hydrogen) atoms. The van der Waals surface area contributed by atoms with Crippen LogP contribution in [0.4, 0.5) is 0 Å². The Balaban J connectivity index is 2.57. The Labute approximate surface area is 109 Å². The predicted octanol–water partition coefficient (Wildman–Crippen LogP) is 1.04. The van der Waals surface area contributed by atoms with Gasteiger partial charge in [0.25, 0.3) is 0 Å². The van der Waals surface area contributed by atoms with Crippen molar-refractivity contribution in [2.24, 2.45) is 5.92 Å². The maximum atomic E-state index is 12.1. The van der Waals surface area contributed by atoms with E-state index in [4.69, 9.17) is 5.11 Å². The maximum Gasteiger partial charge on any atom is 0.329 e. The standard InChI is InChI=1S/C13H24N2O3/c1-13(2,12(17)18)15(4)11(16)8-10-6-5-7-14(3)9-10/h10H,5-9H2,1-4H3,(H,17,18). The second-order valence-electron chi connectivity index (χ2n) is 5.79. The van der Waals surface area contributed by atoms with Gasteiger partial charge in [-0.15, -0.1) is 0 Å². The van der Waals surface area contributed by atoms with Crippen molar-refractivity contribution >= 4 is 11.9 Å². The highest BCUT2D eigenvalue weighted by atomic mass is 16.4. The topological polar surface area (TPSA) is 60.9 Å². The van der Waals surface area contributed by atoms with Gasteiger partial charge in [-0.1, -0.05) is 0 Å². The molecule has 0 saturated carbocycles. The van der Waals surface area contributed by atoms with Gasteiger partial charge in [0.1, 0.15) is 5.54 Å². The fourth-order valence-corrected chi connectivity index (χ4v) is 2.28. The molecule has 0 aromatic carbocycles. The molecular weight excluding hydrogens is 232 g/mol. The normalized spacial score (nSPS) is 21.7. The zero-order valence-corrected chi connectivity index (χ0v) is 11.8. The molecule has 5 nitrogen and oxygen atoms in total. The summed E-state index contributed by atoms with van der Waals surface area (Å²) >= 11 is 0. The zero-order chi connectivity index (χ0) is 13.9. The van der Waals surface area contributed by atoms with Crippen molar-refractivity contribution < 1.29 is 14.7 Å². The SMILES string of the molecule is CN1CCCC(CC(=O)N(C)C(C)(C)C(=O)O)C1. The summed E-state index contributed by atoms with van der Waals surface area (Å²) in [6, 6.07) is 0. The van der Waals surface area contributed by atoms with E-state index in [0.717, 1.165) is 25.9 Å². The van der Waals surface area contributed by atoms with Gasteiger partial charge in [0.2, 0.25) is 5.91 Å². The van der Waals surface area contributed by atoms with Gasteiger partial charge in [-0.05, 0) is 46.2 Å². The number of piperidine rings is 1. The van der Waals surface area contributed by atoms with Gasteiger partial charge in [-0.25, -0.2) is 4.79 Å². The molecule has 1 atom stereocenters.